The predicted octanol–water partition coefficient (Wildman–Crippen LogP) is 12.2. The lowest BCUT2D eigenvalue weighted by molar-refractivity contribution is 1.18. The van der Waals surface area contributed by atoms with Crippen LogP contribution in [0.1, 0.15) is 0 Å². The molecule has 9 rings (SSSR count). The minimum Gasteiger partial charge on any atom is -0.264 e. The minimum atomic E-state index is 0.689. The third-order valence-electron chi connectivity index (χ3n) is 9.39. The third kappa shape index (κ3) is 5.72. The lowest BCUT2D eigenvalue weighted by atomic mass is 9.96. The summed E-state index contributed by atoms with van der Waals surface area (Å²) in [6.45, 7) is 0. The van der Waals surface area contributed by atoms with E-state index in [-0.39, 0.29) is 0 Å². The van der Waals surface area contributed by atoms with Crippen molar-refractivity contribution in [3.63, 3.8) is 0 Å². The van der Waals surface area contributed by atoms with Gasteiger partial charge in [-0.3, -0.25) is 4.98 Å². The van der Waals surface area contributed by atoms with Gasteiger partial charge in [-0.05, 0) is 79.2 Å². The van der Waals surface area contributed by atoms with Crippen molar-refractivity contribution in [2.45, 2.75) is 0 Å². The Labute approximate surface area is 291 Å². The highest BCUT2D eigenvalue weighted by Gasteiger charge is 2.13. The summed E-state index contributed by atoms with van der Waals surface area (Å²) in [5.74, 6) is 0.689. The first-order chi connectivity index (χ1) is 24.7. The molecule has 9 aromatic rings. The van der Waals surface area contributed by atoms with E-state index >= 15 is 0 Å². The predicted molar refractivity (Wildman–Crippen MR) is 207 cm³/mol. The van der Waals surface area contributed by atoms with Gasteiger partial charge in [0.2, 0.25) is 0 Å². The summed E-state index contributed by atoms with van der Waals surface area (Å²) in [6.07, 6.45) is 3.69. The number of nitrogens with zero attached hydrogens (tertiary/aromatic N) is 3. The normalized spacial score (nSPS) is 11.2. The Morgan fingerprint density at radius 1 is 0.320 bits per heavy atom. The quantitative estimate of drug-likeness (QED) is 0.182. The van der Waals surface area contributed by atoms with Crippen molar-refractivity contribution in [2.24, 2.45) is 0 Å². The van der Waals surface area contributed by atoms with Crippen molar-refractivity contribution in [2.75, 3.05) is 0 Å². The molecule has 3 heteroatoms. The van der Waals surface area contributed by atoms with Crippen molar-refractivity contribution in [1.82, 2.24) is 15.0 Å². The number of hydrogen-bond donors (Lipinski definition) is 0. The molecule has 0 atom stereocenters. The van der Waals surface area contributed by atoms with E-state index in [1.54, 1.807) is 6.20 Å². The smallest absolute Gasteiger partial charge is 0.160 e. The van der Waals surface area contributed by atoms with Crippen LogP contribution in [0.4, 0.5) is 0 Å². The van der Waals surface area contributed by atoms with Crippen molar-refractivity contribution < 1.29 is 0 Å². The van der Waals surface area contributed by atoms with Crippen LogP contribution in [0.2, 0.25) is 0 Å². The van der Waals surface area contributed by atoms with Crippen molar-refractivity contribution >= 4 is 21.5 Å². The number of benzene rings is 7. The molecule has 50 heavy (non-hydrogen) atoms. The van der Waals surface area contributed by atoms with E-state index in [1.165, 1.54) is 32.7 Å². The summed E-state index contributed by atoms with van der Waals surface area (Å²) in [7, 11) is 0. The summed E-state index contributed by atoms with van der Waals surface area (Å²) < 4.78 is 0. The molecular formula is C47H31N3. The highest BCUT2D eigenvalue weighted by Crippen LogP contribution is 2.34. The van der Waals surface area contributed by atoms with E-state index in [9.17, 15) is 0 Å². The molecule has 0 unspecified atom stereocenters. The molecule has 0 spiro atoms. The molecule has 0 saturated heterocycles. The maximum atomic E-state index is 5.19. The fourth-order valence-electron chi connectivity index (χ4n) is 6.74. The summed E-state index contributed by atoms with van der Waals surface area (Å²) in [5.41, 5.74) is 11.7. The zero-order valence-electron chi connectivity index (χ0n) is 27.2. The summed E-state index contributed by atoms with van der Waals surface area (Å²) in [6, 6.07) is 62.1. The Bertz CT molecular complexity index is 2620. The van der Waals surface area contributed by atoms with Crippen LogP contribution in [0.25, 0.3) is 88.8 Å². The topological polar surface area (TPSA) is 38.7 Å². The lowest BCUT2D eigenvalue weighted by Crippen LogP contribution is -1.96. The van der Waals surface area contributed by atoms with Crippen LogP contribution in [-0.2, 0) is 0 Å². The Morgan fingerprint density at radius 2 is 0.920 bits per heavy atom. The van der Waals surface area contributed by atoms with Gasteiger partial charge in [0.1, 0.15) is 0 Å². The third-order valence-corrected chi connectivity index (χ3v) is 9.39. The molecule has 0 aliphatic heterocycles. The van der Waals surface area contributed by atoms with E-state index in [1.807, 2.05) is 12.3 Å². The van der Waals surface area contributed by atoms with Crippen LogP contribution in [0.5, 0.6) is 0 Å². The Hall–Kier alpha value is -6.71. The average Bonchev–Trinajstić information content (AvgIpc) is 3.21. The molecule has 0 fully saturated rings. The number of aromatic nitrogens is 3. The van der Waals surface area contributed by atoms with Crippen LogP contribution in [-0.4, -0.2) is 15.0 Å². The van der Waals surface area contributed by atoms with Crippen LogP contribution in [0, 0.1) is 0 Å². The summed E-state index contributed by atoms with van der Waals surface area (Å²) >= 11 is 0. The monoisotopic (exact) mass is 637 g/mol. The van der Waals surface area contributed by atoms with Crippen LogP contribution < -0.4 is 0 Å². The molecule has 2 aromatic heterocycles. The number of rotatable bonds is 6. The van der Waals surface area contributed by atoms with Crippen LogP contribution >= 0.6 is 0 Å². The van der Waals surface area contributed by atoms with Crippen LogP contribution in [0.3, 0.4) is 0 Å². The van der Waals surface area contributed by atoms with Gasteiger partial charge in [-0.1, -0.05) is 152 Å². The largest absolute Gasteiger partial charge is 0.264 e. The second kappa shape index (κ2) is 12.7. The highest BCUT2D eigenvalue weighted by molar-refractivity contribution is 5.97. The average molecular weight is 638 g/mol. The van der Waals surface area contributed by atoms with E-state index in [2.05, 4.69) is 175 Å². The van der Waals surface area contributed by atoms with Gasteiger partial charge in [-0.15, -0.1) is 0 Å². The zero-order valence-corrected chi connectivity index (χ0v) is 27.2. The van der Waals surface area contributed by atoms with E-state index in [0.29, 0.717) is 5.82 Å². The maximum Gasteiger partial charge on any atom is 0.160 e. The van der Waals surface area contributed by atoms with Gasteiger partial charge in [0.15, 0.2) is 5.82 Å². The molecule has 0 amide bonds. The van der Waals surface area contributed by atoms with Crippen molar-refractivity contribution in [1.29, 1.82) is 0 Å². The second-order valence-electron chi connectivity index (χ2n) is 12.5. The molecule has 0 saturated carbocycles. The van der Waals surface area contributed by atoms with Crippen molar-refractivity contribution in [3.05, 3.63) is 188 Å². The molecule has 0 radical (unpaired) electrons. The SMILES string of the molecule is c1cncc(-c2ccc(-c3cc(-c4cccc(-c5cccc6ccccc56)c4)nc(-c4ccc(-c5ccc6ccccc6c5)cc4)n3)cc2)c1. The maximum absolute atomic E-state index is 5.19. The molecular weight excluding hydrogens is 607 g/mol. The molecule has 234 valence electrons. The van der Waals surface area contributed by atoms with Gasteiger partial charge in [0.05, 0.1) is 11.4 Å². The fourth-order valence-corrected chi connectivity index (χ4v) is 6.74. The first-order valence-corrected chi connectivity index (χ1v) is 16.8. The van der Waals surface area contributed by atoms with Gasteiger partial charge in [-0.2, -0.15) is 0 Å². The fraction of sp³-hybridized carbons (Fsp3) is 0. The molecule has 3 nitrogen and oxygen atoms in total. The van der Waals surface area contributed by atoms with Gasteiger partial charge in [0, 0.05) is 29.1 Å². The molecule has 0 bridgehead atoms. The first kappa shape index (κ1) is 29.4. The molecule has 0 N–H and O–H groups in total. The lowest BCUT2D eigenvalue weighted by Gasteiger charge is -2.12. The minimum absolute atomic E-state index is 0.689. The van der Waals surface area contributed by atoms with E-state index < -0.39 is 0 Å². The van der Waals surface area contributed by atoms with Crippen molar-refractivity contribution in [3.8, 4) is 67.3 Å². The van der Waals surface area contributed by atoms with Gasteiger partial charge in [-0.25, -0.2) is 9.97 Å². The van der Waals surface area contributed by atoms with E-state index in [4.69, 9.17) is 9.97 Å². The molecule has 0 aliphatic carbocycles. The van der Waals surface area contributed by atoms with Gasteiger partial charge < -0.3 is 0 Å². The molecule has 7 aromatic carbocycles. The van der Waals surface area contributed by atoms with Gasteiger partial charge >= 0.3 is 0 Å². The Morgan fingerprint density at radius 3 is 1.72 bits per heavy atom. The standard InChI is InChI=1S/C47H31N3/c1-2-10-38-28-39(26-21-32(38)8-1)33-19-24-37(25-20-33)47-49-45(36-22-17-34(18-23-36)42-14-7-27-48-31-42)30-46(50-47)41-13-5-12-40(29-41)44-16-6-11-35-9-3-4-15-43(35)44/h1-31H. The molecule has 0 aliphatic rings. The zero-order chi connectivity index (χ0) is 33.3. The number of hydrogen-bond acceptors (Lipinski definition) is 3. The second-order valence-corrected chi connectivity index (χ2v) is 12.5. The van der Waals surface area contributed by atoms with E-state index in [0.717, 1.165) is 50.3 Å². The number of pyridine rings is 1. The Kier molecular flexibility index (Phi) is 7.49. The highest BCUT2D eigenvalue weighted by atomic mass is 14.9. The number of fused-ring (bicyclic) bond motifs is 2. The van der Waals surface area contributed by atoms with Crippen LogP contribution in [0.15, 0.2) is 188 Å². The van der Waals surface area contributed by atoms with Gasteiger partial charge in [0.25, 0.3) is 0 Å². The summed E-state index contributed by atoms with van der Waals surface area (Å²) in [4.78, 5) is 14.6. The first-order valence-electron chi connectivity index (χ1n) is 16.8. The molecule has 2 heterocycles. The Balaban J connectivity index is 1.14. The summed E-state index contributed by atoms with van der Waals surface area (Å²) in [5, 5.41) is 4.93.